The molecule has 1 aromatic rings. The van der Waals surface area contributed by atoms with E-state index in [-0.39, 0.29) is 24.0 Å². The standard InChI is InChI=1S/C20H34N4O3/c1-15(2)18(25)12-23-8-10-24(11-9-23)13-19-22-17(14-27-19)20(26)21-16-6-4-3-5-7-16/h14-16,18,25H,3-13H2,1-2H3,(H,21,26)/t18-/m0/s1. The van der Waals surface area contributed by atoms with E-state index in [0.717, 1.165) is 45.6 Å². The minimum Gasteiger partial charge on any atom is -0.447 e. The summed E-state index contributed by atoms with van der Waals surface area (Å²) in [5.74, 6) is 0.761. The van der Waals surface area contributed by atoms with Gasteiger partial charge < -0.3 is 14.8 Å². The number of carbonyl (C=O) groups excluding carboxylic acids is 1. The van der Waals surface area contributed by atoms with Crippen LogP contribution >= 0.6 is 0 Å². The summed E-state index contributed by atoms with van der Waals surface area (Å²) in [4.78, 5) is 21.3. The molecule has 0 aromatic carbocycles. The van der Waals surface area contributed by atoms with Gasteiger partial charge in [0, 0.05) is 38.8 Å². The Balaban J connectivity index is 1.42. The molecule has 1 aliphatic carbocycles. The monoisotopic (exact) mass is 378 g/mol. The maximum absolute atomic E-state index is 12.3. The van der Waals surface area contributed by atoms with Gasteiger partial charge in [-0.1, -0.05) is 33.1 Å². The second-order valence-electron chi connectivity index (χ2n) is 8.32. The van der Waals surface area contributed by atoms with E-state index in [2.05, 4.69) is 20.1 Å². The Morgan fingerprint density at radius 3 is 2.56 bits per heavy atom. The number of amides is 1. The lowest BCUT2D eigenvalue weighted by Crippen LogP contribution is -2.48. The molecule has 1 aliphatic heterocycles. The van der Waals surface area contributed by atoms with Gasteiger partial charge in [0.15, 0.2) is 5.69 Å². The van der Waals surface area contributed by atoms with Gasteiger partial charge in [0.2, 0.25) is 5.89 Å². The van der Waals surface area contributed by atoms with E-state index in [0.29, 0.717) is 18.1 Å². The van der Waals surface area contributed by atoms with Gasteiger partial charge in [-0.05, 0) is 18.8 Å². The molecule has 1 amide bonds. The molecule has 1 saturated heterocycles. The van der Waals surface area contributed by atoms with E-state index >= 15 is 0 Å². The average molecular weight is 379 g/mol. The van der Waals surface area contributed by atoms with Crippen molar-refractivity contribution >= 4 is 5.91 Å². The second kappa shape index (κ2) is 9.66. The highest BCUT2D eigenvalue weighted by Crippen LogP contribution is 2.18. The van der Waals surface area contributed by atoms with Crippen molar-refractivity contribution in [3.63, 3.8) is 0 Å². The number of oxazole rings is 1. The normalized spacial score (nSPS) is 21.5. The van der Waals surface area contributed by atoms with Crippen molar-refractivity contribution in [1.82, 2.24) is 20.1 Å². The van der Waals surface area contributed by atoms with Crippen LogP contribution in [0.25, 0.3) is 0 Å². The molecule has 0 unspecified atom stereocenters. The summed E-state index contributed by atoms with van der Waals surface area (Å²) < 4.78 is 5.53. The molecular weight excluding hydrogens is 344 g/mol. The van der Waals surface area contributed by atoms with Crippen LogP contribution in [0.3, 0.4) is 0 Å². The highest BCUT2D eigenvalue weighted by atomic mass is 16.3. The van der Waals surface area contributed by atoms with Crippen LogP contribution in [-0.4, -0.2) is 70.7 Å². The summed E-state index contributed by atoms with van der Waals surface area (Å²) >= 11 is 0. The number of aliphatic hydroxyl groups is 1. The summed E-state index contributed by atoms with van der Waals surface area (Å²) in [6, 6.07) is 0.278. The zero-order valence-corrected chi connectivity index (χ0v) is 16.7. The minimum absolute atomic E-state index is 0.121. The third-order valence-corrected chi connectivity index (χ3v) is 5.76. The zero-order chi connectivity index (χ0) is 19.2. The molecule has 2 aliphatic rings. The first-order valence-electron chi connectivity index (χ1n) is 10.4. The number of aliphatic hydroxyl groups excluding tert-OH is 1. The third kappa shape index (κ3) is 6.02. The maximum Gasteiger partial charge on any atom is 0.273 e. The summed E-state index contributed by atoms with van der Waals surface area (Å²) in [5.41, 5.74) is 0.384. The Morgan fingerprint density at radius 2 is 1.89 bits per heavy atom. The van der Waals surface area contributed by atoms with Gasteiger partial charge in [0.1, 0.15) is 6.26 Å². The topological polar surface area (TPSA) is 81.8 Å². The van der Waals surface area contributed by atoms with E-state index in [1.165, 1.54) is 25.5 Å². The van der Waals surface area contributed by atoms with Crippen molar-refractivity contribution in [2.75, 3.05) is 32.7 Å². The molecule has 152 valence electrons. The molecule has 2 N–H and O–H groups in total. The van der Waals surface area contributed by atoms with Crippen molar-refractivity contribution in [2.45, 2.75) is 64.6 Å². The summed E-state index contributed by atoms with van der Waals surface area (Å²) in [5, 5.41) is 13.1. The summed E-state index contributed by atoms with van der Waals surface area (Å²) in [6.45, 7) is 9.14. The van der Waals surface area contributed by atoms with E-state index < -0.39 is 0 Å². The molecule has 7 heteroatoms. The number of piperazine rings is 1. The fourth-order valence-electron chi connectivity index (χ4n) is 3.79. The van der Waals surface area contributed by atoms with Crippen LogP contribution in [0, 0.1) is 5.92 Å². The Labute approximate surface area is 162 Å². The SMILES string of the molecule is CC(C)[C@@H](O)CN1CCN(Cc2nc(C(=O)NC3CCCCC3)co2)CC1. The Hall–Kier alpha value is -1.44. The smallest absolute Gasteiger partial charge is 0.273 e. The fourth-order valence-corrected chi connectivity index (χ4v) is 3.79. The van der Waals surface area contributed by atoms with Gasteiger partial charge in [0.05, 0.1) is 12.6 Å². The van der Waals surface area contributed by atoms with E-state index in [9.17, 15) is 9.90 Å². The predicted molar refractivity (Wildman–Crippen MR) is 103 cm³/mol. The van der Waals surface area contributed by atoms with Gasteiger partial charge in [-0.15, -0.1) is 0 Å². The van der Waals surface area contributed by atoms with Crippen LogP contribution < -0.4 is 5.32 Å². The van der Waals surface area contributed by atoms with Crippen LogP contribution in [0.15, 0.2) is 10.7 Å². The lowest BCUT2D eigenvalue weighted by Gasteiger charge is -2.35. The summed E-state index contributed by atoms with van der Waals surface area (Å²) in [6.07, 6.45) is 6.98. The number of β-amino-alcohol motifs (C(OH)–C–C–N with tert-alkyl or cyclic N) is 1. The number of nitrogens with one attached hydrogen (secondary N) is 1. The fraction of sp³-hybridized carbons (Fsp3) is 0.800. The third-order valence-electron chi connectivity index (χ3n) is 5.76. The van der Waals surface area contributed by atoms with Crippen LogP contribution in [0.5, 0.6) is 0 Å². The quantitative estimate of drug-likeness (QED) is 0.754. The molecule has 1 atom stereocenters. The lowest BCUT2D eigenvalue weighted by atomic mass is 9.95. The number of aromatic nitrogens is 1. The van der Waals surface area contributed by atoms with Crippen molar-refractivity contribution in [2.24, 2.45) is 5.92 Å². The zero-order valence-electron chi connectivity index (χ0n) is 16.7. The second-order valence-corrected chi connectivity index (χ2v) is 8.32. The Bertz CT molecular complexity index is 590. The molecular formula is C20H34N4O3. The largest absolute Gasteiger partial charge is 0.447 e. The van der Waals surface area contributed by atoms with Gasteiger partial charge in [-0.3, -0.25) is 14.6 Å². The van der Waals surface area contributed by atoms with Crippen molar-refractivity contribution in [3.8, 4) is 0 Å². The molecule has 0 spiro atoms. The molecule has 0 radical (unpaired) electrons. The molecule has 2 fully saturated rings. The van der Waals surface area contributed by atoms with E-state index in [1.807, 2.05) is 13.8 Å². The molecule has 1 aromatic heterocycles. The number of hydrogen-bond donors (Lipinski definition) is 2. The first-order valence-corrected chi connectivity index (χ1v) is 10.4. The number of hydrogen-bond acceptors (Lipinski definition) is 6. The van der Waals surface area contributed by atoms with Crippen molar-refractivity contribution < 1.29 is 14.3 Å². The molecule has 27 heavy (non-hydrogen) atoms. The maximum atomic E-state index is 12.3. The lowest BCUT2D eigenvalue weighted by molar-refractivity contribution is 0.0463. The van der Waals surface area contributed by atoms with Crippen molar-refractivity contribution in [3.05, 3.63) is 17.8 Å². The Morgan fingerprint density at radius 1 is 1.22 bits per heavy atom. The van der Waals surface area contributed by atoms with E-state index in [4.69, 9.17) is 4.42 Å². The van der Waals surface area contributed by atoms with Crippen molar-refractivity contribution in [1.29, 1.82) is 0 Å². The predicted octanol–water partition coefficient (Wildman–Crippen LogP) is 1.87. The minimum atomic E-state index is -0.270. The highest BCUT2D eigenvalue weighted by Gasteiger charge is 2.23. The van der Waals surface area contributed by atoms with Crippen LogP contribution in [0.1, 0.15) is 62.3 Å². The molecule has 0 bridgehead atoms. The number of carbonyl (C=O) groups is 1. The van der Waals surface area contributed by atoms with E-state index in [1.54, 1.807) is 0 Å². The van der Waals surface area contributed by atoms with Crippen LogP contribution in [0.2, 0.25) is 0 Å². The number of nitrogens with zero attached hydrogens (tertiary/aromatic N) is 3. The van der Waals surface area contributed by atoms with Gasteiger partial charge >= 0.3 is 0 Å². The first kappa shape index (κ1) is 20.3. The van der Waals surface area contributed by atoms with Gasteiger partial charge in [-0.2, -0.15) is 0 Å². The molecule has 1 saturated carbocycles. The highest BCUT2D eigenvalue weighted by molar-refractivity contribution is 5.92. The summed E-state index contributed by atoms with van der Waals surface area (Å²) in [7, 11) is 0. The Kier molecular flexibility index (Phi) is 7.26. The number of rotatable bonds is 7. The molecule has 7 nitrogen and oxygen atoms in total. The van der Waals surface area contributed by atoms with Gasteiger partial charge in [0.25, 0.3) is 5.91 Å². The van der Waals surface area contributed by atoms with Crippen LogP contribution in [-0.2, 0) is 6.54 Å². The van der Waals surface area contributed by atoms with Gasteiger partial charge in [-0.25, -0.2) is 4.98 Å². The molecule has 3 rings (SSSR count). The van der Waals surface area contributed by atoms with Crippen LogP contribution in [0.4, 0.5) is 0 Å². The average Bonchev–Trinajstić information content (AvgIpc) is 3.13. The molecule has 2 heterocycles. The first-order chi connectivity index (χ1) is 13.0.